The van der Waals surface area contributed by atoms with E-state index in [9.17, 15) is 9.90 Å². The van der Waals surface area contributed by atoms with Crippen molar-refractivity contribution < 1.29 is 24.5 Å². The molecule has 0 unspecified atom stereocenters. The Hall–Kier alpha value is -1.11. The average molecular weight is 287 g/mol. The maximum absolute atomic E-state index is 12.3. The smallest absolute Gasteiger partial charge is 0.413 e. The van der Waals surface area contributed by atoms with Gasteiger partial charge in [0.05, 0.1) is 25.4 Å². The van der Waals surface area contributed by atoms with Crippen LogP contribution >= 0.6 is 0 Å². The van der Waals surface area contributed by atoms with Crippen LogP contribution in [0.25, 0.3) is 0 Å². The summed E-state index contributed by atoms with van der Waals surface area (Å²) in [7, 11) is 0. The highest BCUT2D eigenvalue weighted by atomic mass is 16.6. The summed E-state index contributed by atoms with van der Waals surface area (Å²) < 4.78 is 10.9. The number of carbonyl (C=O) groups excluding carboxylic acids is 1. The van der Waals surface area contributed by atoms with Gasteiger partial charge in [-0.05, 0) is 34.6 Å². The lowest BCUT2D eigenvalue weighted by molar-refractivity contribution is -0.0660. The second kappa shape index (κ2) is 6.11. The number of rotatable bonds is 3. The van der Waals surface area contributed by atoms with Gasteiger partial charge in [-0.2, -0.15) is 0 Å². The van der Waals surface area contributed by atoms with Crippen LogP contribution in [0.4, 0.5) is 4.79 Å². The maximum atomic E-state index is 12.3. The molecule has 1 heterocycles. The largest absolute Gasteiger partial charge is 0.444 e. The van der Waals surface area contributed by atoms with E-state index in [1.54, 1.807) is 34.6 Å². The molecule has 0 aromatic rings. The Morgan fingerprint density at radius 2 is 2.15 bits per heavy atom. The molecule has 0 bridgehead atoms. The Bertz CT molecular complexity index is 372. The molecule has 1 aliphatic heterocycles. The van der Waals surface area contributed by atoms with Crippen molar-refractivity contribution >= 4 is 6.09 Å². The SMILES string of the molecule is CC(C)(C)OC(=O)N1[C@H]([C@@H](O)/C=C\CO)COC1(C)C. The Balaban J connectivity index is 2.90. The number of amides is 1. The second-order valence-corrected chi connectivity index (χ2v) is 6.28. The molecule has 1 fully saturated rings. The highest BCUT2D eigenvalue weighted by Gasteiger charge is 2.47. The van der Waals surface area contributed by atoms with Gasteiger partial charge in [0.2, 0.25) is 0 Å². The number of carbonyl (C=O) groups is 1. The Kier molecular flexibility index (Phi) is 5.18. The van der Waals surface area contributed by atoms with Crippen molar-refractivity contribution in [3.8, 4) is 0 Å². The fourth-order valence-corrected chi connectivity index (χ4v) is 2.08. The Morgan fingerprint density at radius 3 is 2.65 bits per heavy atom. The molecular formula is C14H25NO5. The lowest BCUT2D eigenvalue weighted by Crippen LogP contribution is -2.53. The van der Waals surface area contributed by atoms with Crippen molar-refractivity contribution in [3.05, 3.63) is 12.2 Å². The normalized spacial score (nSPS) is 24.1. The molecule has 0 aromatic carbocycles. The van der Waals surface area contributed by atoms with Crippen LogP contribution in [-0.4, -0.2) is 57.9 Å². The summed E-state index contributed by atoms with van der Waals surface area (Å²) in [6.45, 7) is 8.90. The topological polar surface area (TPSA) is 79.2 Å². The van der Waals surface area contributed by atoms with E-state index in [0.29, 0.717) is 0 Å². The molecule has 20 heavy (non-hydrogen) atoms. The monoisotopic (exact) mass is 287 g/mol. The van der Waals surface area contributed by atoms with Crippen LogP contribution in [0, 0.1) is 0 Å². The third kappa shape index (κ3) is 4.19. The summed E-state index contributed by atoms with van der Waals surface area (Å²) in [4.78, 5) is 13.7. The van der Waals surface area contributed by atoms with Gasteiger partial charge in [0, 0.05) is 0 Å². The number of aliphatic hydroxyl groups is 2. The predicted octanol–water partition coefficient (Wildman–Crippen LogP) is 1.27. The van der Waals surface area contributed by atoms with Crippen molar-refractivity contribution in [1.29, 1.82) is 0 Å². The van der Waals surface area contributed by atoms with Crippen molar-refractivity contribution in [2.45, 2.75) is 58.1 Å². The van der Waals surface area contributed by atoms with E-state index in [0.717, 1.165) is 0 Å². The standard InChI is InChI=1S/C14H25NO5/c1-13(2,3)20-12(18)15-10(9-19-14(15,4)5)11(17)7-6-8-16/h6-7,10-11,16-17H,8-9H2,1-5H3/b7-6-/t10-,11-/m0/s1. The molecule has 6 nitrogen and oxygen atoms in total. The molecule has 1 amide bonds. The lowest BCUT2D eigenvalue weighted by atomic mass is 10.1. The second-order valence-electron chi connectivity index (χ2n) is 6.28. The van der Waals surface area contributed by atoms with Crippen molar-refractivity contribution in [2.75, 3.05) is 13.2 Å². The zero-order chi connectivity index (χ0) is 15.6. The molecule has 2 N–H and O–H groups in total. The van der Waals surface area contributed by atoms with Crippen LogP contribution in [-0.2, 0) is 9.47 Å². The molecule has 0 aromatic heterocycles. The first-order chi connectivity index (χ1) is 9.08. The van der Waals surface area contributed by atoms with E-state index in [2.05, 4.69) is 0 Å². The highest BCUT2D eigenvalue weighted by Crippen LogP contribution is 2.31. The molecule has 1 aliphatic rings. The predicted molar refractivity (Wildman–Crippen MR) is 74.1 cm³/mol. The minimum Gasteiger partial charge on any atom is -0.444 e. The van der Waals surface area contributed by atoms with E-state index >= 15 is 0 Å². The van der Waals surface area contributed by atoms with Gasteiger partial charge in [0.25, 0.3) is 0 Å². The van der Waals surface area contributed by atoms with E-state index < -0.39 is 29.6 Å². The molecule has 116 valence electrons. The van der Waals surface area contributed by atoms with E-state index in [4.69, 9.17) is 14.6 Å². The van der Waals surface area contributed by atoms with Crippen LogP contribution in [0.5, 0.6) is 0 Å². The summed E-state index contributed by atoms with van der Waals surface area (Å²) in [6.07, 6.45) is 1.44. The van der Waals surface area contributed by atoms with Crippen LogP contribution in [0.15, 0.2) is 12.2 Å². The van der Waals surface area contributed by atoms with Gasteiger partial charge < -0.3 is 19.7 Å². The third-order valence-corrected chi connectivity index (χ3v) is 2.94. The third-order valence-electron chi connectivity index (χ3n) is 2.94. The molecule has 0 aliphatic carbocycles. The molecule has 0 saturated carbocycles. The molecule has 1 rings (SSSR count). The number of hydrogen-bond donors (Lipinski definition) is 2. The van der Waals surface area contributed by atoms with Gasteiger partial charge >= 0.3 is 6.09 Å². The molecule has 6 heteroatoms. The lowest BCUT2D eigenvalue weighted by Gasteiger charge is -2.36. The molecule has 2 atom stereocenters. The van der Waals surface area contributed by atoms with Gasteiger partial charge in [0.1, 0.15) is 11.3 Å². The first kappa shape index (κ1) is 16.9. The summed E-state index contributed by atoms with van der Waals surface area (Å²) in [5.41, 5.74) is -1.47. The molecular weight excluding hydrogens is 262 g/mol. The van der Waals surface area contributed by atoms with Gasteiger partial charge in [-0.25, -0.2) is 4.79 Å². The number of ether oxygens (including phenoxy) is 2. The van der Waals surface area contributed by atoms with Crippen LogP contribution in [0.2, 0.25) is 0 Å². The van der Waals surface area contributed by atoms with Crippen LogP contribution in [0.3, 0.4) is 0 Å². The van der Waals surface area contributed by atoms with Gasteiger partial charge in [-0.15, -0.1) is 0 Å². The fourth-order valence-electron chi connectivity index (χ4n) is 2.08. The van der Waals surface area contributed by atoms with Crippen LogP contribution in [0.1, 0.15) is 34.6 Å². The summed E-state index contributed by atoms with van der Waals surface area (Å²) in [6, 6.07) is -0.539. The zero-order valence-corrected chi connectivity index (χ0v) is 12.8. The fraction of sp³-hybridized carbons (Fsp3) is 0.786. The minimum absolute atomic E-state index is 0.166. The Labute approximate surface area is 120 Å². The van der Waals surface area contributed by atoms with E-state index in [-0.39, 0.29) is 13.2 Å². The number of aliphatic hydroxyl groups excluding tert-OH is 2. The highest BCUT2D eigenvalue weighted by molar-refractivity contribution is 5.70. The van der Waals surface area contributed by atoms with Crippen molar-refractivity contribution in [2.24, 2.45) is 0 Å². The summed E-state index contributed by atoms with van der Waals surface area (Å²) >= 11 is 0. The molecule has 0 radical (unpaired) electrons. The van der Waals surface area contributed by atoms with Crippen molar-refractivity contribution in [1.82, 2.24) is 4.90 Å². The van der Waals surface area contributed by atoms with E-state index in [1.165, 1.54) is 17.1 Å². The first-order valence-corrected chi connectivity index (χ1v) is 6.70. The minimum atomic E-state index is -0.920. The van der Waals surface area contributed by atoms with Crippen molar-refractivity contribution in [3.63, 3.8) is 0 Å². The van der Waals surface area contributed by atoms with E-state index in [1.807, 2.05) is 0 Å². The summed E-state index contributed by atoms with van der Waals surface area (Å²) in [5, 5.41) is 18.9. The average Bonchev–Trinajstić information content (AvgIpc) is 2.59. The van der Waals surface area contributed by atoms with Gasteiger partial charge in [-0.3, -0.25) is 4.90 Å². The quantitative estimate of drug-likeness (QED) is 0.764. The molecule has 0 spiro atoms. The van der Waals surface area contributed by atoms with Gasteiger partial charge in [0.15, 0.2) is 0 Å². The number of hydrogen-bond acceptors (Lipinski definition) is 5. The number of nitrogens with zero attached hydrogens (tertiary/aromatic N) is 1. The first-order valence-electron chi connectivity index (χ1n) is 6.70. The summed E-state index contributed by atoms with van der Waals surface area (Å²) in [5.74, 6) is 0. The molecule has 1 saturated heterocycles. The maximum Gasteiger partial charge on any atom is 0.413 e. The Morgan fingerprint density at radius 1 is 1.55 bits per heavy atom. The van der Waals surface area contributed by atoms with Gasteiger partial charge in [-0.1, -0.05) is 12.2 Å². The zero-order valence-electron chi connectivity index (χ0n) is 12.8. The van der Waals surface area contributed by atoms with Crippen LogP contribution < -0.4 is 0 Å².